The molecule has 0 saturated carbocycles. The van der Waals surface area contributed by atoms with Crippen LogP contribution in [0.5, 0.6) is 0 Å². The number of rotatable bonds is 4. The fraction of sp³-hybridized carbons (Fsp3) is 0. The highest BCUT2D eigenvalue weighted by molar-refractivity contribution is 6.36. The maximum Gasteiger partial charge on any atom is 0.358 e. The van der Waals surface area contributed by atoms with E-state index in [0.29, 0.717) is 26.2 Å². The zero-order valence-electron chi connectivity index (χ0n) is 11.7. The molecule has 0 spiro atoms. The number of carbonyl (C=O) groups is 1. The van der Waals surface area contributed by atoms with E-state index in [1.54, 1.807) is 36.4 Å². The summed E-state index contributed by atoms with van der Waals surface area (Å²) in [6.45, 7) is 0. The summed E-state index contributed by atoms with van der Waals surface area (Å²) in [6, 6.07) is 11.8. The van der Waals surface area contributed by atoms with Gasteiger partial charge in [-0.25, -0.2) is 4.79 Å². The van der Waals surface area contributed by atoms with Crippen LogP contribution in [0.15, 0.2) is 53.7 Å². The largest absolute Gasteiger partial charge is 0.380 e. The summed E-state index contributed by atoms with van der Waals surface area (Å²) in [6.07, 6.45) is 2.72. The van der Waals surface area contributed by atoms with Crippen LogP contribution < -0.4 is 5.73 Å². The Balaban J connectivity index is 2.04. The molecule has 23 heavy (non-hydrogen) atoms. The van der Waals surface area contributed by atoms with Gasteiger partial charge in [-0.3, -0.25) is 0 Å². The lowest BCUT2D eigenvalue weighted by molar-refractivity contribution is -0.137. The van der Waals surface area contributed by atoms with Crippen molar-refractivity contribution in [3.05, 3.63) is 74.7 Å². The van der Waals surface area contributed by atoms with Gasteiger partial charge in [-0.15, -0.1) is 0 Å². The molecule has 0 aliphatic rings. The first-order valence-corrected chi connectivity index (χ1v) is 7.53. The molecule has 0 aliphatic heterocycles. The van der Waals surface area contributed by atoms with E-state index >= 15 is 0 Å². The number of hydrogen-bond donors (Lipinski definition) is 1. The first-order valence-electron chi connectivity index (χ1n) is 6.40. The number of amidine groups is 1. The first-order chi connectivity index (χ1) is 11.0. The summed E-state index contributed by atoms with van der Waals surface area (Å²) < 4.78 is 0. The zero-order valence-corrected chi connectivity index (χ0v) is 13.9. The predicted molar refractivity (Wildman–Crippen MR) is 93.8 cm³/mol. The number of halogens is 3. The Morgan fingerprint density at radius 2 is 1.83 bits per heavy atom. The molecule has 0 fully saturated rings. The Morgan fingerprint density at radius 3 is 2.52 bits per heavy atom. The number of nitrogens with zero attached hydrogens (tertiary/aromatic N) is 1. The molecule has 0 saturated heterocycles. The molecule has 4 nitrogen and oxygen atoms in total. The average molecular weight is 370 g/mol. The smallest absolute Gasteiger partial charge is 0.358 e. The van der Waals surface area contributed by atoms with Gasteiger partial charge in [-0.2, -0.15) is 0 Å². The van der Waals surface area contributed by atoms with Gasteiger partial charge in [0.15, 0.2) is 5.84 Å². The number of benzene rings is 2. The average Bonchev–Trinajstić information content (AvgIpc) is 2.52. The third kappa shape index (κ3) is 4.99. The van der Waals surface area contributed by atoms with Crippen LogP contribution in [0.1, 0.15) is 11.1 Å². The summed E-state index contributed by atoms with van der Waals surface area (Å²) >= 11 is 17.7. The van der Waals surface area contributed by atoms with E-state index in [2.05, 4.69) is 5.16 Å². The first kappa shape index (κ1) is 17.3. The van der Waals surface area contributed by atoms with Crippen LogP contribution in [0.25, 0.3) is 6.08 Å². The van der Waals surface area contributed by atoms with Crippen molar-refractivity contribution in [2.24, 2.45) is 10.9 Å². The van der Waals surface area contributed by atoms with Crippen molar-refractivity contribution in [3.8, 4) is 0 Å². The Hall–Kier alpha value is -2.01. The van der Waals surface area contributed by atoms with E-state index in [-0.39, 0.29) is 5.84 Å². The van der Waals surface area contributed by atoms with E-state index in [4.69, 9.17) is 45.4 Å². The highest BCUT2D eigenvalue weighted by Gasteiger charge is 2.07. The maximum absolute atomic E-state index is 11.6. The standard InChI is InChI=1S/C16H11Cl3N2O2/c17-11-6-7-12(14(19)9-11)16(20)21-23-15(22)8-5-10-3-1-2-4-13(10)18/h1-9H,(H2,20,21)/b8-5+. The molecule has 2 aromatic rings. The van der Waals surface area contributed by atoms with Gasteiger partial charge >= 0.3 is 5.97 Å². The topological polar surface area (TPSA) is 64.7 Å². The van der Waals surface area contributed by atoms with Crippen molar-refractivity contribution in [1.82, 2.24) is 0 Å². The van der Waals surface area contributed by atoms with Gasteiger partial charge < -0.3 is 10.6 Å². The minimum Gasteiger partial charge on any atom is -0.380 e. The molecular formula is C16H11Cl3N2O2. The van der Waals surface area contributed by atoms with Gasteiger partial charge in [-0.05, 0) is 35.9 Å². The van der Waals surface area contributed by atoms with E-state index < -0.39 is 5.97 Å². The van der Waals surface area contributed by atoms with Gasteiger partial charge in [0, 0.05) is 21.7 Å². The third-order valence-corrected chi connectivity index (χ3v) is 3.64. The minimum absolute atomic E-state index is 0.0360. The number of nitrogens with two attached hydrogens (primary N) is 1. The highest BCUT2D eigenvalue weighted by atomic mass is 35.5. The maximum atomic E-state index is 11.6. The fourth-order valence-corrected chi connectivity index (χ4v) is 2.34. The molecule has 0 aromatic heterocycles. The van der Waals surface area contributed by atoms with Gasteiger partial charge in [0.25, 0.3) is 0 Å². The van der Waals surface area contributed by atoms with E-state index in [0.717, 1.165) is 0 Å². The monoisotopic (exact) mass is 368 g/mol. The van der Waals surface area contributed by atoms with Gasteiger partial charge in [-0.1, -0.05) is 58.2 Å². The molecule has 0 atom stereocenters. The summed E-state index contributed by atoms with van der Waals surface area (Å²) in [5, 5.41) is 4.84. The summed E-state index contributed by atoms with van der Waals surface area (Å²) in [5.74, 6) is -0.732. The molecule has 0 heterocycles. The molecule has 0 aliphatic carbocycles. The lowest BCUT2D eigenvalue weighted by Crippen LogP contribution is -2.15. The lowest BCUT2D eigenvalue weighted by atomic mass is 10.2. The normalized spacial score (nSPS) is 11.7. The van der Waals surface area contributed by atoms with Crippen LogP contribution in [-0.4, -0.2) is 11.8 Å². The molecule has 0 amide bonds. The second-order valence-electron chi connectivity index (χ2n) is 4.37. The zero-order chi connectivity index (χ0) is 16.8. The molecule has 7 heteroatoms. The van der Waals surface area contributed by atoms with E-state index in [9.17, 15) is 4.79 Å². The lowest BCUT2D eigenvalue weighted by Gasteiger charge is -2.03. The molecule has 118 valence electrons. The van der Waals surface area contributed by atoms with Crippen molar-refractivity contribution < 1.29 is 9.63 Å². The highest BCUT2D eigenvalue weighted by Crippen LogP contribution is 2.20. The molecule has 2 rings (SSSR count). The molecule has 2 N–H and O–H groups in total. The molecule has 2 aromatic carbocycles. The van der Waals surface area contributed by atoms with Crippen molar-refractivity contribution >= 4 is 52.7 Å². The van der Waals surface area contributed by atoms with Gasteiger partial charge in [0.2, 0.25) is 0 Å². The molecule has 0 radical (unpaired) electrons. The fourth-order valence-electron chi connectivity index (χ4n) is 1.64. The van der Waals surface area contributed by atoms with Crippen molar-refractivity contribution in [2.45, 2.75) is 0 Å². The van der Waals surface area contributed by atoms with Crippen LogP contribution in [0.2, 0.25) is 15.1 Å². The van der Waals surface area contributed by atoms with Gasteiger partial charge in [0.05, 0.1) is 5.02 Å². The van der Waals surface area contributed by atoms with Crippen molar-refractivity contribution in [1.29, 1.82) is 0 Å². The Labute approximate surface area is 148 Å². The quantitative estimate of drug-likeness (QED) is 0.283. The van der Waals surface area contributed by atoms with Crippen molar-refractivity contribution in [3.63, 3.8) is 0 Å². The number of oxime groups is 1. The predicted octanol–water partition coefficient (Wildman–Crippen LogP) is 4.52. The third-order valence-electron chi connectivity index (χ3n) is 2.75. The van der Waals surface area contributed by atoms with E-state index in [1.165, 1.54) is 18.2 Å². The van der Waals surface area contributed by atoms with Crippen molar-refractivity contribution in [2.75, 3.05) is 0 Å². The molecule has 0 bridgehead atoms. The second kappa shape index (κ2) is 8.02. The Kier molecular flexibility index (Phi) is 6.04. The van der Waals surface area contributed by atoms with Crippen LogP contribution in [0, 0.1) is 0 Å². The number of hydrogen-bond acceptors (Lipinski definition) is 3. The van der Waals surface area contributed by atoms with E-state index in [1.807, 2.05) is 0 Å². The SMILES string of the molecule is N/C(=N\OC(=O)/C=C/c1ccccc1Cl)c1ccc(Cl)cc1Cl. The second-order valence-corrected chi connectivity index (χ2v) is 5.62. The Morgan fingerprint density at radius 1 is 1.09 bits per heavy atom. The summed E-state index contributed by atoms with van der Waals surface area (Å²) in [7, 11) is 0. The van der Waals surface area contributed by atoms with Crippen LogP contribution >= 0.6 is 34.8 Å². The molecule has 0 unspecified atom stereocenters. The summed E-state index contributed by atoms with van der Waals surface area (Å²) in [5.41, 5.74) is 6.83. The molecular weight excluding hydrogens is 359 g/mol. The number of carbonyl (C=O) groups excluding carboxylic acids is 1. The Bertz CT molecular complexity index is 789. The van der Waals surface area contributed by atoms with Crippen LogP contribution in [0.3, 0.4) is 0 Å². The van der Waals surface area contributed by atoms with Crippen LogP contribution in [0.4, 0.5) is 0 Å². The van der Waals surface area contributed by atoms with Crippen LogP contribution in [-0.2, 0) is 9.63 Å². The minimum atomic E-state index is -0.696. The summed E-state index contributed by atoms with van der Waals surface area (Å²) in [4.78, 5) is 16.3. The van der Waals surface area contributed by atoms with Gasteiger partial charge in [0.1, 0.15) is 0 Å².